The largest absolute Gasteiger partial charge is 0.416 e. The van der Waals surface area contributed by atoms with Crippen molar-refractivity contribution >= 4 is 5.95 Å². The fraction of sp³-hybridized carbons (Fsp3) is 0.286. The van der Waals surface area contributed by atoms with Crippen LogP contribution in [0.4, 0.5) is 23.5 Å². The average Bonchev–Trinajstić information content (AvgIpc) is 2.69. The maximum absolute atomic E-state index is 13.2. The molecule has 0 unspecified atom stereocenters. The number of aromatic nitrogens is 3. The SMILES string of the molecule is CC(C)n1c(=O)nc(NCc2cccc(C(F)(F)F)c2)n(Cc2ccc(F)cc2)c1=O. The minimum atomic E-state index is -4.49. The molecule has 3 rings (SSSR count). The van der Waals surface area contributed by atoms with Crippen LogP contribution in [-0.2, 0) is 19.3 Å². The zero-order valence-corrected chi connectivity index (χ0v) is 16.8. The van der Waals surface area contributed by atoms with Crippen molar-refractivity contribution in [3.63, 3.8) is 0 Å². The fourth-order valence-corrected chi connectivity index (χ4v) is 3.04. The molecule has 31 heavy (non-hydrogen) atoms. The molecule has 1 aromatic heterocycles. The molecule has 1 heterocycles. The summed E-state index contributed by atoms with van der Waals surface area (Å²) in [5, 5.41) is 2.78. The van der Waals surface area contributed by atoms with Crippen LogP contribution in [0.25, 0.3) is 0 Å². The third kappa shape index (κ3) is 5.19. The van der Waals surface area contributed by atoms with Crippen LogP contribution in [0.5, 0.6) is 0 Å². The summed E-state index contributed by atoms with van der Waals surface area (Å²) in [4.78, 5) is 29.2. The number of nitrogens with zero attached hydrogens (tertiary/aromatic N) is 3. The highest BCUT2D eigenvalue weighted by Gasteiger charge is 2.30. The Hall–Kier alpha value is -3.43. The molecule has 0 radical (unpaired) electrons. The number of hydrogen-bond acceptors (Lipinski definition) is 4. The van der Waals surface area contributed by atoms with Gasteiger partial charge < -0.3 is 5.32 Å². The minimum absolute atomic E-state index is 0.00988. The van der Waals surface area contributed by atoms with E-state index in [0.29, 0.717) is 11.1 Å². The normalized spacial score (nSPS) is 11.7. The second-order valence-electron chi connectivity index (χ2n) is 7.23. The first-order valence-corrected chi connectivity index (χ1v) is 9.44. The maximum atomic E-state index is 13.2. The number of alkyl halides is 3. The summed E-state index contributed by atoms with van der Waals surface area (Å²) in [5.41, 5.74) is -1.33. The van der Waals surface area contributed by atoms with Crippen molar-refractivity contribution in [2.75, 3.05) is 5.32 Å². The molecule has 0 aliphatic rings. The van der Waals surface area contributed by atoms with Crippen molar-refractivity contribution in [3.8, 4) is 0 Å². The summed E-state index contributed by atoms with van der Waals surface area (Å²) in [7, 11) is 0. The van der Waals surface area contributed by atoms with Gasteiger partial charge in [0.15, 0.2) is 0 Å². The number of anilines is 1. The van der Waals surface area contributed by atoms with E-state index in [0.717, 1.165) is 16.7 Å². The molecule has 0 saturated carbocycles. The lowest BCUT2D eigenvalue weighted by Gasteiger charge is -2.17. The first-order chi connectivity index (χ1) is 14.6. The summed E-state index contributed by atoms with van der Waals surface area (Å²) in [5.74, 6) is -0.530. The lowest BCUT2D eigenvalue weighted by Crippen LogP contribution is -2.43. The van der Waals surface area contributed by atoms with Gasteiger partial charge in [-0.1, -0.05) is 24.3 Å². The van der Waals surface area contributed by atoms with Crippen molar-refractivity contribution in [1.29, 1.82) is 0 Å². The van der Waals surface area contributed by atoms with Gasteiger partial charge in [0, 0.05) is 12.6 Å². The van der Waals surface area contributed by atoms with E-state index in [1.54, 1.807) is 13.8 Å². The molecule has 0 aliphatic carbocycles. The van der Waals surface area contributed by atoms with Crippen LogP contribution < -0.4 is 16.7 Å². The lowest BCUT2D eigenvalue weighted by atomic mass is 10.1. The number of benzene rings is 2. The van der Waals surface area contributed by atoms with E-state index in [1.807, 2.05) is 0 Å². The summed E-state index contributed by atoms with van der Waals surface area (Å²) in [6.07, 6.45) is -4.49. The van der Waals surface area contributed by atoms with Crippen LogP contribution in [0.15, 0.2) is 58.1 Å². The Labute approximate surface area is 174 Å². The molecule has 0 amide bonds. The minimum Gasteiger partial charge on any atom is -0.351 e. The van der Waals surface area contributed by atoms with Crippen LogP contribution in [0, 0.1) is 5.82 Å². The summed E-state index contributed by atoms with van der Waals surface area (Å²) in [6.45, 7) is 3.21. The monoisotopic (exact) mass is 436 g/mol. The van der Waals surface area contributed by atoms with E-state index in [-0.39, 0.29) is 19.0 Å². The highest BCUT2D eigenvalue weighted by molar-refractivity contribution is 5.32. The van der Waals surface area contributed by atoms with Crippen molar-refractivity contribution in [3.05, 3.63) is 92.0 Å². The Balaban J connectivity index is 1.98. The van der Waals surface area contributed by atoms with Crippen LogP contribution >= 0.6 is 0 Å². The third-order valence-corrected chi connectivity index (χ3v) is 4.58. The van der Waals surface area contributed by atoms with Crippen molar-refractivity contribution in [1.82, 2.24) is 14.1 Å². The molecule has 6 nitrogen and oxygen atoms in total. The molecule has 3 aromatic rings. The molecule has 0 spiro atoms. The molecule has 0 fully saturated rings. The first kappa shape index (κ1) is 22.3. The Morgan fingerprint density at radius 2 is 1.71 bits per heavy atom. The van der Waals surface area contributed by atoms with E-state index >= 15 is 0 Å². The molecule has 0 bridgehead atoms. The molecule has 164 valence electrons. The predicted octanol–water partition coefficient (Wildman–Crippen LogP) is 3.80. The molecular weight excluding hydrogens is 416 g/mol. The molecule has 10 heteroatoms. The number of rotatable bonds is 6. The molecule has 0 atom stereocenters. The molecule has 1 N–H and O–H groups in total. The van der Waals surface area contributed by atoms with Gasteiger partial charge in [-0.15, -0.1) is 0 Å². The smallest absolute Gasteiger partial charge is 0.351 e. The zero-order valence-electron chi connectivity index (χ0n) is 16.8. The highest BCUT2D eigenvalue weighted by atomic mass is 19.4. The topological polar surface area (TPSA) is 68.9 Å². The molecule has 0 saturated heterocycles. The molecular formula is C21H20F4N4O2. The van der Waals surface area contributed by atoms with Crippen molar-refractivity contribution in [2.45, 2.75) is 39.2 Å². The fourth-order valence-electron chi connectivity index (χ4n) is 3.04. The summed E-state index contributed by atoms with van der Waals surface area (Å²) < 4.78 is 54.2. The maximum Gasteiger partial charge on any atom is 0.416 e. The van der Waals surface area contributed by atoms with Crippen molar-refractivity contribution < 1.29 is 17.6 Å². The zero-order chi connectivity index (χ0) is 22.8. The second kappa shape index (κ2) is 8.75. The first-order valence-electron chi connectivity index (χ1n) is 9.44. The van der Waals surface area contributed by atoms with Crippen molar-refractivity contribution in [2.24, 2.45) is 0 Å². The Morgan fingerprint density at radius 1 is 1.03 bits per heavy atom. The lowest BCUT2D eigenvalue weighted by molar-refractivity contribution is -0.137. The van der Waals surface area contributed by atoms with Crippen LogP contribution in [0.3, 0.4) is 0 Å². The molecule has 2 aromatic carbocycles. The van der Waals surface area contributed by atoms with Crippen LogP contribution in [0.1, 0.15) is 36.6 Å². The van der Waals surface area contributed by atoms with E-state index in [1.165, 1.54) is 41.0 Å². The van der Waals surface area contributed by atoms with Gasteiger partial charge in [0.25, 0.3) is 0 Å². The Bertz CT molecular complexity index is 1180. The molecule has 0 aliphatic heterocycles. The number of nitrogens with one attached hydrogen (secondary N) is 1. The van der Waals surface area contributed by atoms with E-state index < -0.39 is 35.0 Å². The van der Waals surface area contributed by atoms with Gasteiger partial charge in [-0.2, -0.15) is 18.2 Å². The van der Waals surface area contributed by atoms with Gasteiger partial charge in [-0.25, -0.2) is 18.5 Å². The van der Waals surface area contributed by atoms with Gasteiger partial charge in [0.2, 0.25) is 5.95 Å². The van der Waals surface area contributed by atoms with Crippen LogP contribution in [-0.4, -0.2) is 14.1 Å². The highest BCUT2D eigenvalue weighted by Crippen LogP contribution is 2.29. The van der Waals surface area contributed by atoms with Gasteiger partial charge in [-0.3, -0.25) is 4.57 Å². The number of halogens is 4. The standard InChI is InChI=1S/C21H20F4N4O2/c1-13(2)29-19(30)27-18(26-11-15-4-3-5-16(10-15)21(23,24)25)28(20(29)31)12-14-6-8-17(22)9-7-14/h3-10,13H,11-12H2,1-2H3,(H,26,27,30). The predicted molar refractivity (Wildman–Crippen MR) is 107 cm³/mol. The second-order valence-corrected chi connectivity index (χ2v) is 7.23. The van der Waals surface area contributed by atoms with E-state index in [2.05, 4.69) is 10.3 Å². The third-order valence-electron chi connectivity index (χ3n) is 4.58. The quantitative estimate of drug-likeness (QED) is 0.597. The summed E-state index contributed by atoms with van der Waals surface area (Å²) in [6, 6.07) is 9.69. The van der Waals surface area contributed by atoms with E-state index in [4.69, 9.17) is 0 Å². The van der Waals surface area contributed by atoms with E-state index in [9.17, 15) is 27.2 Å². The summed E-state index contributed by atoms with van der Waals surface area (Å²) >= 11 is 0. The number of hydrogen-bond donors (Lipinski definition) is 1. The van der Waals surface area contributed by atoms with Gasteiger partial charge in [0.05, 0.1) is 12.1 Å². The Morgan fingerprint density at radius 3 is 2.32 bits per heavy atom. The van der Waals surface area contributed by atoms with Crippen LogP contribution in [0.2, 0.25) is 0 Å². The average molecular weight is 436 g/mol. The van der Waals surface area contributed by atoms with Gasteiger partial charge in [0.1, 0.15) is 5.82 Å². The van der Waals surface area contributed by atoms with Gasteiger partial charge in [-0.05, 0) is 49.2 Å². The van der Waals surface area contributed by atoms with Gasteiger partial charge >= 0.3 is 17.6 Å². The Kier molecular flexibility index (Phi) is 6.28.